The van der Waals surface area contributed by atoms with Gasteiger partial charge in [0.25, 0.3) is 0 Å². The van der Waals surface area contributed by atoms with Gasteiger partial charge in [0.1, 0.15) is 0 Å². The molecule has 1 rings (SSSR count). The molecule has 1 heterocycles. The van der Waals surface area contributed by atoms with Crippen LogP contribution < -0.4 is 0 Å². The minimum absolute atomic E-state index is 0.706. The fourth-order valence-electron chi connectivity index (χ4n) is 2.01. The lowest BCUT2D eigenvalue weighted by molar-refractivity contribution is 0.163. The summed E-state index contributed by atoms with van der Waals surface area (Å²) in [5.41, 5.74) is 0. The summed E-state index contributed by atoms with van der Waals surface area (Å²) in [6, 6.07) is 0. The van der Waals surface area contributed by atoms with E-state index in [4.69, 9.17) is 0 Å². The second-order valence-electron chi connectivity index (χ2n) is 4.32. The molecule has 1 saturated heterocycles. The summed E-state index contributed by atoms with van der Waals surface area (Å²) in [4.78, 5) is 4.89. The van der Waals surface area contributed by atoms with E-state index in [0.29, 0.717) is 4.05 Å². The Morgan fingerprint density at radius 3 is 2.31 bits per heavy atom. The topological polar surface area (TPSA) is 6.48 Å². The van der Waals surface area contributed by atoms with E-state index in [9.17, 15) is 0 Å². The maximum Gasteiger partial charge on any atom is 0.0589 e. The van der Waals surface area contributed by atoms with Gasteiger partial charge in [0.2, 0.25) is 0 Å². The molecule has 0 amide bonds. The van der Waals surface area contributed by atoms with Crippen molar-refractivity contribution in [1.29, 1.82) is 0 Å². The third-order valence-electron chi connectivity index (χ3n) is 2.78. The van der Waals surface area contributed by atoms with E-state index < -0.39 is 0 Å². The number of likely N-dealkylation sites (tertiary alicyclic amines) is 1. The van der Waals surface area contributed by atoms with Crippen LogP contribution in [0, 0.1) is 5.92 Å². The molecule has 2 nitrogen and oxygen atoms in total. The Morgan fingerprint density at radius 2 is 1.92 bits per heavy atom. The summed E-state index contributed by atoms with van der Waals surface area (Å²) in [6.45, 7) is 6.14. The van der Waals surface area contributed by atoms with E-state index in [1.807, 2.05) is 0 Å². The van der Waals surface area contributed by atoms with Crippen molar-refractivity contribution in [2.24, 2.45) is 5.92 Å². The highest BCUT2D eigenvalue weighted by Gasteiger charge is 2.21. The van der Waals surface area contributed by atoms with Crippen LogP contribution in [0.1, 0.15) is 19.8 Å². The average Bonchev–Trinajstić information content (AvgIpc) is 2.04. The van der Waals surface area contributed by atoms with Crippen LogP contribution in [0.2, 0.25) is 0 Å². The first-order valence-electron chi connectivity index (χ1n) is 5.12. The molecule has 1 aliphatic rings. The molecule has 0 unspecified atom stereocenters. The van der Waals surface area contributed by atoms with Gasteiger partial charge in [-0.1, -0.05) is 22.6 Å². The predicted molar refractivity (Wildman–Crippen MR) is 66.3 cm³/mol. The van der Waals surface area contributed by atoms with Gasteiger partial charge in [-0.15, -0.1) is 0 Å². The number of halogens is 1. The molecule has 0 aromatic carbocycles. The summed E-state index contributed by atoms with van der Waals surface area (Å²) >= 11 is 2.51. The first-order chi connectivity index (χ1) is 6.09. The van der Waals surface area contributed by atoms with Crippen LogP contribution in [-0.4, -0.2) is 47.6 Å². The minimum Gasteiger partial charge on any atom is -0.309 e. The van der Waals surface area contributed by atoms with Gasteiger partial charge in [-0.25, -0.2) is 0 Å². The zero-order valence-electron chi connectivity index (χ0n) is 8.96. The Labute approximate surface area is 95.8 Å². The lowest BCUT2D eigenvalue weighted by Gasteiger charge is -2.34. The molecule has 78 valence electrons. The first kappa shape index (κ1) is 11.7. The second kappa shape index (κ2) is 5.51. The summed E-state index contributed by atoms with van der Waals surface area (Å²) in [6.07, 6.45) is 2.76. The molecule has 0 saturated carbocycles. The SMILES string of the molecule is C[C@@H](I)N1CCC(CN(C)C)CC1. The van der Waals surface area contributed by atoms with E-state index in [-0.39, 0.29) is 0 Å². The average molecular weight is 296 g/mol. The number of piperidine rings is 1. The largest absolute Gasteiger partial charge is 0.309 e. The molecular weight excluding hydrogens is 275 g/mol. The van der Waals surface area contributed by atoms with Crippen LogP contribution in [-0.2, 0) is 0 Å². The molecule has 1 aliphatic heterocycles. The first-order valence-corrected chi connectivity index (χ1v) is 6.37. The van der Waals surface area contributed by atoms with Gasteiger partial charge < -0.3 is 4.90 Å². The second-order valence-corrected chi connectivity index (χ2v) is 6.12. The van der Waals surface area contributed by atoms with Crippen molar-refractivity contribution in [3.05, 3.63) is 0 Å². The van der Waals surface area contributed by atoms with Gasteiger partial charge in [-0.2, -0.15) is 0 Å². The zero-order chi connectivity index (χ0) is 9.84. The molecule has 0 aliphatic carbocycles. The summed E-state index contributed by atoms with van der Waals surface area (Å²) in [7, 11) is 4.35. The molecule has 13 heavy (non-hydrogen) atoms. The molecular formula is C10H21IN2. The van der Waals surface area contributed by atoms with E-state index >= 15 is 0 Å². The van der Waals surface area contributed by atoms with Crippen LogP contribution in [0.4, 0.5) is 0 Å². The minimum atomic E-state index is 0.706. The van der Waals surface area contributed by atoms with Crippen molar-refractivity contribution in [1.82, 2.24) is 9.80 Å². The molecule has 0 bridgehead atoms. The molecule has 0 N–H and O–H groups in total. The van der Waals surface area contributed by atoms with Gasteiger partial charge in [0.15, 0.2) is 0 Å². The van der Waals surface area contributed by atoms with Crippen LogP contribution in [0.5, 0.6) is 0 Å². The van der Waals surface area contributed by atoms with Crippen molar-refractivity contribution in [3.8, 4) is 0 Å². The summed E-state index contributed by atoms with van der Waals surface area (Å²) in [5, 5.41) is 0. The Hall–Kier alpha value is 0.650. The van der Waals surface area contributed by atoms with Crippen molar-refractivity contribution >= 4 is 22.6 Å². The standard InChI is InChI=1S/C10H21IN2/c1-9(11)13-6-4-10(5-7-13)8-12(2)3/h9-10H,4-8H2,1-3H3/t9-/m0/s1. The number of rotatable bonds is 3. The molecule has 0 spiro atoms. The fourth-order valence-corrected chi connectivity index (χ4v) is 2.56. The summed E-state index contributed by atoms with van der Waals surface area (Å²) in [5.74, 6) is 0.932. The van der Waals surface area contributed by atoms with Crippen molar-refractivity contribution < 1.29 is 0 Å². The van der Waals surface area contributed by atoms with Crippen LogP contribution >= 0.6 is 22.6 Å². The van der Waals surface area contributed by atoms with Crippen molar-refractivity contribution in [3.63, 3.8) is 0 Å². The molecule has 3 heteroatoms. The molecule has 0 aromatic rings. The molecule has 0 aromatic heterocycles. The Bertz CT molecular complexity index is 140. The van der Waals surface area contributed by atoms with E-state index in [1.165, 1.54) is 32.5 Å². The molecule has 0 radical (unpaired) electrons. The number of hydrogen-bond acceptors (Lipinski definition) is 2. The number of nitrogens with zero attached hydrogens (tertiary/aromatic N) is 2. The van der Waals surface area contributed by atoms with Crippen LogP contribution in [0.3, 0.4) is 0 Å². The lowest BCUT2D eigenvalue weighted by atomic mass is 9.96. The Balaban J connectivity index is 2.22. The fraction of sp³-hybridized carbons (Fsp3) is 1.00. The predicted octanol–water partition coefficient (Wildman–Crippen LogP) is 2.04. The number of alkyl halides is 1. The maximum absolute atomic E-state index is 2.58. The third kappa shape index (κ3) is 4.13. The van der Waals surface area contributed by atoms with Gasteiger partial charge in [-0.05, 0) is 52.9 Å². The monoisotopic (exact) mass is 296 g/mol. The van der Waals surface area contributed by atoms with Gasteiger partial charge >= 0.3 is 0 Å². The maximum atomic E-state index is 2.58. The Kier molecular flexibility index (Phi) is 4.97. The van der Waals surface area contributed by atoms with Gasteiger partial charge in [0.05, 0.1) is 4.05 Å². The zero-order valence-corrected chi connectivity index (χ0v) is 11.1. The van der Waals surface area contributed by atoms with Gasteiger partial charge in [-0.3, -0.25) is 4.90 Å². The highest BCUT2D eigenvalue weighted by atomic mass is 127. The van der Waals surface area contributed by atoms with Gasteiger partial charge in [0, 0.05) is 6.54 Å². The summed E-state index contributed by atoms with van der Waals surface area (Å²) < 4.78 is 0.706. The number of hydrogen-bond donors (Lipinski definition) is 0. The van der Waals surface area contributed by atoms with E-state index in [0.717, 1.165) is 5.92 Å². The van der Waals surface area contributed by atoms with E-state index in [2.05, 4.69) is 53.4 Å². The smallest absolute Gasteiger partial charge is 0.0589 e. The Morgan fingerprint density at radius 1 is 1.38 bits per heavy atom. The van der Waals surface area contributed by atoms with Crippen molar-refractivity contribution in [2.75, 3.05) is 33.7 Å². The normalized spacial score (nSPS) is 23.8. The van der Waals surface area contributed by atoms with E-state index in [1.54, 1.807) is 0 Å². The molecule has 1 fully saturated rings. The molecule has 1 atom stereocenters. The van der Waals surface area contributed by atoms with Crippen molar-refractivity contribution in [2.45, 2.75) is 23.8 Å². The highest BCUT2D eigenvalue weighted by Crippen LogP contribution is 2.21. The third-order valence-corrected chi connectivity index (χ3v) is 3.56. The van der Waals surface area contributed by atoms with Crippen LogP contribution in [0.25, 0.3) is 0 Å². The highest BCUT2D eigenvalue weighted by molar-refractivity contribution is 14.1. The lowest BCUT2D eigenvalue weighted by Crippen LogP contribution is -2.39. The van der Waals surface area contributed by atoms with Crippen LogP contribution in [0.15, 0.2) is 0 Å². The quantitative estimate of drug-likeness (QED) is 0.447.